The average Bonchev–Trinajstić information content (AvgIpc) is 2.41. The number of benzene rings is 1. The largest absolute Gasteiger partial charge is 0.395 e. The van der Waals surface area contributed by atoms with Crippen molar-refractivity contribution in [2.45, 2.75) is 57.8 Å². The van der Waals surface area contributed by atoms with Gasteiger partial charge in [-0.1, -0.05) is 69.9 Å². The Morgan fingerprint density at radius 2 is 1.71 bits per heavy atom. The fraction of sp³-hybridized carbons (Fsp3) is 0.625. The first-order valence-corrected chi connectivity index (χ1v) is 6.95. The maximum absolute atomic E-state index is 9.79. The first-order chi connectivity index (χ1) is 8.29. The predicted molar refractivity (Wildman–Crippen MR) is 74.3 cm³/mol. The van der Waals surface area contributed by atoms with Crippen molar-refractivity contribution in [2.24, 2.45) is 0 Å². The standard InChI is InChI=1S/C16H26O/c1-3-5-6-10-13-16(4-2,14-17)15-11-8-7-9-12-15/h7-9,11-12,17H,3-6,10,13-14H2,1-2H3. The van der Waals surface area contributed by atoms with Gasteiger partial charge in [-0.15, -0.1) is 0 Å². The van der Waals surface area contributed by atoms with Crippen LogP contribution in [0.1, 0.15) is 57.9 Å². The molecule has 0 aromatic heterocycles. The molecule has 0 bridgehead atoms. The SMILES string of the molecule is CCCCCCC(CC)(CO)c1ccccc1. The third-order valence-corrected chi connectivity index (χ3v) is 3.87. The van der Waals surface area contributed by atoms with Gasteiger partial charge >= 0.3 is 0 Å². The van der Waals surface area contributed by atoms with Crippen molar-refractivity contribution in [1.82, 2.24) is 0 Å². The van der Waals surface area contributed by atoms with E-state index in [1.807, 2.05) is 6.07 Å². The zero-order valence-corrected chi connectivity index (χ0v) is 11.3. The summed E-state index contributed by atoms with van der Waals surface area (Å²) in [5.74, 6) is 0. The van der Waals surface area contributed by atoms with Crippen LogP contribution in [-0.4, -0.2) is 11.7 Å². The first kappa shape index (κ1) is 14.2. The van der Waals surface area contributed by atoms with E-state index in [4.69, 9.17) is 0 Å². The van der Waals surface area contributed by atoms with Crippen molar-refractivity contribution in [3.63, 3.8) is 0 Å². The summed E-state index contributed by atoms with van der Waals surface area (Å²) in [5, 5.41) is 9.79. The van der Waals surface area contributed by atoms with E-state index in [2.05, 4.69) is 38.1 Å². The fourth-order valence-corrected chi connectivity index (χ4v) is 2.49. The van der Waals surface area contributed by atoms with Crippen LogP contribution in [0.15, 0.2) is 30.3 Å². The Morgan fingerprint density at radius 1 is 1.00 bits per heavy atom. The van der Waals surface area contributed by atoms with E-state index in [0.717, 1.165) is 12.8 Å². The van der Waals surface area contributed by atoms with E-state index in [1.54, 1.807) is 0 Å². The van der Waals surface area contributed by atoms with Gasteiger partial charge in [0.1, 0.15) is 0 Å². The smallest absolute Gasteiger partial charge is 0.0527 e. The lowest BCUT2D eigenvalue weighted by atomic mass is 9.75. The molecule has 0 radical (unpaired) electrons. The monoisotopic (exact) mass is 234 g/mol. The second kappa shape index (κ2) is 7.50. The highest BCUT2D eigenvalue weighted by Gasteiger charge is 2.28. The third kappa shape index (κ3) is 3.85. The zero-order chi connectivity index (χ0) is 12.6. The van der Waals surface area contributed by atoms with Gasteiger partial charge < -0.3 is 5.11 Å². The van der Waals surface area contributed by atoms with Crippen LogP contribution < -0.4 is 0 Å². The maximum Gasteiger partial charge on any atom is 0.0527 e. The Bertz CT molecular complexity index is 288. The second-order valence-corrected chi connectivity index (χ2v) is 4.97. The minimum atomic E-state index is -0.0188. The summed E-state index contributed by atoms with van der Waals surface area (Å²) < 4.78 is 0. The molecule has 0 aliphatic heterocycles. The molecule has 96 valence electrons. The summed E-state index contributed by atoms with van der Waals surface area (Å²) >= 11 is 0. The molecule has 1 unspecified atom stereocenters. The molecule has 1 rings (SSSR count). The molecule has 0 aliphatic carbocycles. The van der Waals surface area contributed by atoms with E-state index in [9.17, 15) is 5.11 Å². The first-order valence-electron chi connectivity index (χ1n) is 6.95. The minimum absolute atomic E-state index is 0.0188. The summed E-state index contributed by atoms with van der Waals surface area (Å²) in [5.41, 5.74) is 1.27. The molecule has 0 fully saturated rings. The van der Waals surface area contributed by atoms with Crippen LogP contribution in [0.2, 0.25) is 0 Å². The fourth-order valence-electron chi connectivity index (χ4n) is 2.49. The molecule has 0 spiro atoms. The van der Waals surface area contributed by atoms with Gasteiger partial charge in [-0.2, -0.15) is 0 Å². The molecule has 0 saturated carbocycles. The summed E-state index contributed by atoms with van der Waals surface area (Å²) in [6.45, 7) is 4.68. The Morgan fingerprint density at radius 3 is 2.24 bits per heavy atom. The highest BCUT2D eigenvalue weighted by Crippen LogP contribution is 2.33. The van der Waals surface area contributed by atoms with Gasteiger partial charge in [-0.25, -0.2) is 0 Å². The van der Waals surface area contributed by atoms with E-state index in [-0.39, 0.29) is 12.0 Å². The summed E-state index contributed by atoms with van der Waals surface area (Å²) in [4.78, 5) is 0. The van der Waals surface area contributed by atoms with Crippen LogP contribution in [0.3, 0.4) is 0 Å². The maximum atomic E-state index is 9.79. The van der Waals surface area contributed by atoms with Crippen molar-refractivity contribution in [1.29, 1.82) is 0 Å². The number of aliphatic hydroxyl groups excluding tert-OH is 1. The predicted octanol–water partition coefficient (Wildman–Crippen LogP) is 4.30. The molecule has 1 N–H and O–H groups in total. The lowest BCUT2D eigenvalue weighted by Gasteiger charge is -2.31. The molecular formula is C16H26O. The highest BCUT2D eigenvalue weighted by molar-refractivity contribution is 5.25. The van der Waals surface area contributed by atoms with E-state index < -0.39 is 0 Å². The Labute approximate surface area is 106 Å². The van der Waals surface area contributed by atoms with Gasteiger partial charge in [-0.3, -0.25) is 0 Å². The summed E-state index contributed by atoms with van der Waals surface area (Å²) in [6.07, 6.45) is 7.19. The van der Waals surface area contributed by atoms with Gasteiger partial charge in [0.25, 0.3) is 0 Å². The molecule has 0 heterocycles. The highest BCUT2D eigenvalue weighted by atomic mass is 16.3. The van der Waals surface area contributed by atoms with Crippen molar-refractivity contribution in [2.75, 3.05) is 6.61 Å². The van der Waals surface area contributed by atoms with Crippen molar-refractivity contribution >= 4 is 0 Å². The molecular weight excluding hydrogens is 208 g/mol. The minimum Gasteiger partial charge on any atom is -0.395 e. The molecule has 17 heavy (non-hydrogen) atoms. The third-order valence-electron chi connectivity index (χ3n) is 3.87. The van der Waals surface area contributed by atoms with Crippen molar-refractivity contribution in [3.8, 4) is 0 Å². The molecule has 0 saturated heterocycles. The molecule has 1 nitrogen and oxygen atoms in total. The number of hydrogen-bond acceptors (Lipinski definition) is 1. The Hall–Kier alpha value is -0.820. The van der Waals surface area contributed by atoms with Crippen LogP contribution >= 0.6 is 0 Å². The van der Waals surface area contributed by atoms with Crippen LogP contribution in [0.4, 0.5) is 0 Å². The molecule has 1 heteroatoms. The normalized spacial score (nSPS) is 14.5. The average molecular weight is 234 g/mol. The molecule has 0 aliphatic rings. The number of hydrogen-bond donors (Lipinski definition) is 1. The van der Waals surface area contributed by atoms with E-state index in [1.165, 1.54) is 31.2 Å². The molecule has 1 atom stereocenters. The van der Waals surface area contributed by atoms with Gasteiger partial charge in [0, 0.05) is 5.41 Å². The number of unbranched alkanes of at least 4 members (excludes halogenated alkanes) is 3. The topological polar surface area (TPSA) is 20.2 Å². The van der Waals surface area contributed by atoms with Gasteiger partial charge in [0.2, 0.25) is 0 Å². The van der Waals surface area contributed by atoms with Crippen LogP contribution in [0.25, 0.3) is 0 Å². The van der Waals surface area contributed by atoms with Crippen LogP contribution in [0.5, 0.6) is 0 Å². The molecule has 0 amide bonds. The Kier molecular flexibility index (Phi) is 6.28. The second-order valence-electron chi connectivity index (χ2n) is 4.97. The van der Waals surface area contributed by atoms with Crippen LogP contribution in [0, 0.1) is 0 Å². The lowest BCUT2D eigenvalue weighted by Crippen LogP contribution is -2.29. The quantitative estimate of drug-likeness (QED) is 0.665. The van der Waals surface area contributed by atoms with Gasteiger partial charge in [-0.05, 0) is 18.4 Å². The lowest BCUT2D eigenvalue weighted by molar-refractivity contribution is 0.175. The Balaban J connectivity index is 2.68. The van der Waals surface area contributed by atoms with Gasteiger partial charge in [0.05, 0.1) is 6.61 Å². The van der Waals surface area contributed by atoms with Crippen molar-refractivity contribution in [3.05, 3.63) is 35.9 Å². The number of rotatable bonds is 8. The van der Waals surface area contributed by atoms with Crippen LogP contribution in [-0.2, 0) is 5.41 Å². The van der Waals surface area contributed by atoms with E-state index >= 15 is 0 Å². The zero-order valence-electron chi connectivity index (χ0n) is 11.3. The van der Waals surface area contributed by atoms with Crippen molar-refractivity contribution < 1.29 is 5.11 Å². The number of aliphatic hydroxyl groups is 1. The van der Waals surface area contributed by atoms with Gasteiger partial charge in [0.15, 0.2) is 0 Å². The molecule has 1 aromatic rings. The summed E-state index contributed by atoms with van der Waals surface area (Å²) in [7, 11) is 0. The molecule has 1 aromatic carbocycles. The summed E-state index contributed by atoms with van der Waals surface area (Å²) in [6, 6.07) is 10.5. The van der Waals surface area contributed by atoms with E-state index in [0.29, 0.717) is 0 Å².